The summed E-state index contributed by atoms with van der Waals surface area (Å²) < 4.78 is 0. The zero-order valence-corrected chi connectivity index (χ0v) is 11.2. The number of nitrogens with one attached hydrogen (secondary N) is 1. The average molecular weight is 261 g/mol. The molecule has 4 heteroatoms. The molecular formula is C15H19NO3. The van der Waals surface area contributed by atoms with E-state index in [1.165, 1.54) is 0 Å². The molecule has 1 rings (SSSR count). The molecule has 0 radical (unpaired) electrons. The number of benzene rings is 1. The first-order chi connectivity index (χ1) is 8.91. The van der Waals surface area contributed by atoms with Crippen LogP contribution >= 0.6 is 0 Å². The summed E-state index contributed by atoms with van der Waals surface area (Å²) in [5.41, 5.74) is 1.33. The Morgan fingerprint density at radius 3 is 2.32 bits per heavy atom. The van der Waals surface area contributed by atoms with E-state index in [0.29, 0.717) is 12.0 Å². The van der Waals surface area contributed by atoms with Crippen LogP contribution in [0.2, 0.25) is 0 Å². The fraction of sp³-hybridized carbons (Fsp3) is 0.333. The molecule has 0 heterocycles. The van der Waals surface area contributed by atoms with Gasteiger partial charge in [-0.25, -0.2) is 4.79 Å². The van der Waals surface area contributed by atoms with Gasteiger partial charge in [0.05, 0.1) is 0 Å². The Kier molecular flexibility index (Phi) is 5.30. The normalized spacial score (nSPS) is 11.9. The van der Waals surface area contributed by atoms with Crippen LogP contribution in [-0.4, -0.2) is 23.0 Å². The van der Waals surface area contributed by atoms with E-state index in [1.54, 1.807) is 13.8 Å². The molecule has 0 saturated heterocycles. The molecule has 1 atom stereocenters. The van der Waals surface area contributed by atoms with Gasteiger partial charge in [-0.05, 0) is 11.5 Å². The van der Waals surface area contributed by atoms with Crippen LogP contribution in [0.4, 0.5) is 0 Å². The number of aliphatic carboxylic acids is 1. The van der Waals surface area contributed by atoms with Crippen LogP contribution in [0.3, 0.4) is 0 Å². The monoisotopic (exact) mass is 261 g/mol. The highest BCUT2D eigenvalue weighted by molar-refractivity contribution is 5.95. The third kappa shape index (κ3) is 4.58. The molecule has 0 saturated carbocycles. The lowest BCUT2D eigenvalue weighted by Gasteiger charge is -2.18. The van der Waals surface area contributed by atoms with Crippen molar-refractivity contribution in [3.05, 3.63) is 48.0 Å². The second-order valence-corrected chi connectivity index (χ2v) is 4.80. The zero-order valence-electron chi connectivity index (χ0n) is 11.2. The van der Waals surface area contributed by atoms with E-state index in [0.717, 1.165) is 5.56 Å². The van der Waals surface area contributed by atoms with E-state index in [4.69, 9.17) is 5.11 Å². The van der Waals surface area contributed by atoms with Crippen molar-refractivity contribution in [2.45, 2.75) is 26.3 Å². The quantitative estimate of drug-likeness (QED) is 0.770. The van der Waals surface area contributed by atoms with Crippen LogP contribution < -0.4 is 5.32 Å². The lowest BCUT2D eigenvalue weighted by Crippen LogP contribution is -2.44. The second kappa shape index (κ2) is 6.73. The van der Waals surface area contributed by atoms with E-state index in [2.05, 4.69) is 11.9 Å². The number of hydrogen-bond donors (Lipinski definition) is 2. The van der Waals surface area contributed by atoms with Gasteiger partial charge in [0.2, 0.25) is 5.91 Å². The minimum Gasteiger partial charge on any atom is -0.480 e. The van der Waals surface area contributed by atoms with Gasteiger partial charge in [-0.15, -0.1) is 0 Å². The van der Waals surface area contributed by atoms with Crippen molar-refractivity contribution in [1.29, 1.82) is 0 Å². The van der Waals surface area contributed by atoms with Gasteiger partial charge in [0, 0.05) is 12.0 Å². The van der Waals surface area contributed by atoms with Crippen LogP contribution in [-0.2, 0) is 16.0 Å². The Labute approximate surface area is 113 Å². The average Bonchev–Trinajstić information content (AvgIpc) is 2.35. The summed E-state index contributed by atoms with van der Waals surface area (Å²) in [5.74, 6) is -1.62. The first-order valence-electron chi connectivity index (χ1n) is 6.17. The van der Waals surface area contributed by atoms with Gasteiger partial charge in [-0.2, -0.15) is 0 Å². The van der Waals surface area contributed by atoms with E-state index in [1.807, 2.05) is 30.3 Å². The number of carboxylic acids is 1. The molecule has 0 aliphatic rings. The van der Waals surface area contributed by atoms with Gasteiger partial charge in [-0.3, -0.25) is 4.79 Å². The smallest absolute Gasteiger partial charge is 0.326 e. The van der Waals surface area contributed by atoms with E-state index in [-0.39, 0.29) is 5.92 Å². The fourth-order valence-electron chi connectivity index (χ4n) is 1.68. The molecule has 1 aromatic carbocycles. The molecule has 102 valence electrons. The first-order valence-corrected chi connectivity index (χ1v) is 6.17. The van der Waals surface area contributed by atoms with Crippen LogP contribution in [0, 0.1) is 5.92 Å². The molecule has 0 fully saturated rings. The summed E-state index contributed by atoms with van der Waals surface area (Å²) in [7, 11) is 0. The Morgan fingerprint density at radius 2 is 1.84 bits per heavy atom. The molecule has 1 unspecified atom stereocenters. The van der Waals surface area contributed by atoms with Crippen molar-refractivity contribution in [2.75, 3.05) is 0 Å². The number of carboxylic acid groups (broad SMARTS) is 1. The predicted molar refractivity (Wildman–Crippen MR) is 73.7 cm³/mol. The van der Waals surface area contributed by atoms with Crippen LogP contribution in [0.25, 0.3) is 0 Å². The largest absolute Gasteiger partial charge is 0.480 e. The van der Waals surface area contributed by atoms with E-state index in [9.17, 15) is 9.59 Å². The van der Waals surface area contributed by atoms with E-state index < -0.39 is 17.9 Å². The van der Waals surface area contributed by atoms with Crippen molar-refractivity contribution in [3.8, 4) is 0 Å². The highest BCUT2D eigenvalue weighted by Gasteiger charge is 2.24. The minimum absolute atomic E-state index is 0.175. The van der Waals surface area contributed by atoms with Crippen molar-refractivity contribution in [1.82, 2.24) is 5.32 Å². The van der Waals surface area contributed by atoms with Gasteiger partial charge >= 0.3 is 5.97 Å². The zero-order chi connectivity index (χ0) is 14.4. The Hall–Kier alpha value is -2.10. The lowest BCUT2D eigenvalue weighted by molar-refractivity contribution is -0.142. The number of carbonyl (C=O) groups excluding carboxylic acids is 1. The molecule has 2 N–H and O–H groups in total. The molecule has 1 aromatic rings. The minimum atomic E-state index is -1.03. The molecule has 0 aromatic heterocycles. The Bertz CT molecular complexity index is 466. The SMILES string of the molecule is C=C(Cc1ccccc1)C(=O)NC(C(=O)O)C(C)C. The lowest BCUT2D eigenvalue weighted by atomic mass is 10.0. The van der Waals surface area contributed by atoms with Crippen LogP contribution in [0.15, 0.2) is 42.5 Å². The molecule has 0 spiro atoms. The second-order valence-electron chi connectivity index (χ2n) is 4.80. The summed E-state index contributed by atoms with van der Waals surface area (Å²) in [6, 6.07) is 8.57. The van der Waals surface area contributed by atoms with Gasteiger partial charge < -0.3 is 10.4 Å². The molecular weight excluding hydrogens is 242 g/mol. The molecule has 0 bridgehead atoms. The summed E-state index contributed by atoms with van der Waals surface area (Å²) in [6.07, 6.45) is 0.414. The first kappa shape index (κ1) is 15.0. The summed E-state index contributed by atoms with van der Waals surface area (Å²) in [6.45, 7) is 7.21. The summed E-state index contributed by atoms with van der Waals surface area (Å²) >= 11 is 0. The molecule has 4 nitrogen and oxygen atoms in total. The third-order valence-corrected chi connectivity index (χ3v) is 2.80. The predicted octanol–water partition coefficient (Wildman–Crippen LogP) is 2.01. The number of rotatable bonds is 6. The molecule has 1 amide bonds. The maximum atomic E-state index is 11.9. The van der Waals surface area contributed by atoms with Crippen molar-refractivity contribution >= 4 is 11.9 Å². The van der Waals surface area contributed by atoms with Gasteiger partial charge in [0.1, 0.15) is 6.04 Å². The summed E-state index contributed by atoms with van der Waals surface area (Å²) in [5, 5.41) is 11.5. The number of carbonyl (C=O) groups is 2. The summed E-state index contributed by atoms with van der Waals surface area (Å²) in [4.78, 5) is 22.9. The Morgan fingerprint density at radius 1 is 1.26 bits per heavy atom. The highest BCUT2D eigenvalue weighted by atomic mass is 16.4. The maximum absolute atomic E-state index is 11.9. The topological polar surface area (TPSA) is 66.4 Å². The van der Waals surface area contributed by atoms with E-state index >= 15 is 0 Å². The van der Waals surface area contributed by atoms with Crippen molar-refractivity contribution in [2.24, 2.45) is 5.92 Å². The van der Waals surface area contributed by atoms with Crippen LogP contribution in [0.1, 0.15) is 19.4 Å². The molecule has 0 aliphatic heterocycles. The highest BCUT2D eigenvalue weighted by Crippen LogP contribution is 2.08. The van der Waals surface area contributed by atoms with Gasteiger partial charge in [0.15, 0.2) is 0 Å². The van der Waals surface area contributed by atoms with Crippen LogP contribution in [0.5, 0.6) is 0 Å². The van der Waals surface area contributed by atoms with Crippen molar-refractivity contribution < 1.29 is 14.7 Å². The molecule has 19 heavy (non-hydrogen) atoms. The maximum Gasteiger partial charge on any atom is 0.326 e. The van der Waals surface area contributed by atoms with Gasteiger partial charge in [0.25, 0.3) is 0 Å². The van der Waals surface area contributed by atoms with Crippen molar-refractivity contribution in [3.63, 3.8) is 0 Å². The standard InChI is InChI=1S/C15H19NO3/c1-10(2)13(15(18)19)16-14(17)11(3)9-12-7-5-4-6-8-12/h4-8,10,13H,3,9H2,1-2H3,(H,16,17)(H,18,19). The number of amides is 1. The Balaban J connectivity index is 2.63. The fourth-order valence-corrected chi connectivity index (χ4v) is 1.68. The number of hydrogen-bond acceptors (Lipinski definition) is 2. The third-order valence-electron chi connectivity index (χ3n) is 2.80. The molecule has 0 aliphatic carbocycles. The van der Waals surface area contributed by atoms with Gasteiger partial charge in [-0.1, -0.05) is 50.8 Å².